The van der Waals surface area contributed by atoms with Crippen molar-refractivity contribution in [2.24, 2.45) is 0 Å². The molecule has 0 atom stereocenters. The molecule has 11 nitrogen and oxygen atoms in total. The number of halogens is 1. The third kappa shape index (κ3) is 5.25. The molecule has 1 saturated heterocycles. The molecule has 4 aromatic rings. The van der Waals surface area contributed by atoms with Crippen molar-refractivity contribution in [3.63, 3.8) is 0 Å². The normalized spacial score (nSPS) is 14.0. The lowest BCUT2D eigenvalue weighted by Crippen LogP contribution is -2.30. The van der Waals surface area contributed by atoms with E-state index in [-0.39, 0.29) is 16.3 Å². The number of aromatic amines is 1. The van der Waals surface area contributed by atoms with Gasteiger partial charge < -0.3 is 10.2 Å². The number of hydrogen-bond donors (Lipinski definition) is 3. The predicted molar refractivity (Wildman–Crippen MR) is 133 cm³/mol. The van der Waals surface area contributed by atoms with Crippen molar-refractivity contribution in [2.45, 2.75) is 31.1 Å². The molecule has 3 N–H and O–H groups in total. The van der Waals surface area contributed by atoms with Gasteiger partial charge in [-0.25, -0.2) is 17.8 Å². The van der Waals surface area contributed by atoms with Gasteiger partial charge in [-0.1, -0.05) is 0 Å². The molecular formula is C23H24FN9O2S. The molecule has 1 aliphatic heterocycles. The second kappa shape index (κ2) is 9.85. The lowest BCUT2D eigenvalue weighted by Gasteiger charge is -2.28. The number of rotatable bonds is 7. The molecule has 0 aliphatic carbocycles. The van der Waals surface area contributed by atoms with E-state index >= 15 is 0 Å². The highest BCUT2D eigenvalue weighted by Gasteiger charge is 2.19. The summed E-state index contributed by atoms with van der Waals surface area (Å²) in [5, 5.41) is 16.2. The van der Waals surface area contributed by atoms with Crippen molar-refractivity contribution in [1.29, 1.82) is 0 Å². The number of hydrogen-bond acceptors (Lipinski definition) is 9. The van der Waals surface area contributed by atoms with E-state index in [1.807, 2.05) is 13.0 Å². The summed E-state index contributed by atoms with van der Waals surface area (Å²) < 4.78 is 42.5. The van der Waals surface area contributed by atoms with Crippen LogP contribution in [0.5, 0.6) is 0 Å². The van der Waals surface area contributed by atoms with Gasteiger partial charge in [0.25, 0.3) is 10.0 Å². The highest BCUT2D eigenvalue weighted by atomic mass is 32.2. The number of tetrazole rings is 1. The van der Waals surface area contributed by atoms with Crippen molar-refractivity contribution in [3.8, 4) is 11.4 Å². The van der Waals surface area contributed by atoms with Crippen LogP contribution < -0.4 is 14.9 Å². The number of nitrogens with zero attached hydrogens (tertiary/aromatic N) is 6. The van der Waals surface area contributed by atoms with Crippen molar-refractivity contribution in [3.05, 3.63) is 60.0 Å². The van der Waals surface area contributed by atoms with Crippen molar-refractivity contribution in [1.82, 2.24) is 30.6 Å². The van der Waals surface area contributed by atoms with E-state index in [2.05, 4.69) is 45.5 Å². The van der Waals surface area contributed by atoms with Crippen LogP contribution in [-0.4, -0.2) is 52.1 Å². The molecule has 0 saturated carbocycles. The van der Waals surface area contributed by atoms with Crippen LogP contribution in [0, 0.1) is 12.7 Å². The number of benzene rings is 2. The summed E-state index contributed by atoms with van der Waals surface area (Å²) in [6, 6.07) is 12.0. The van der Waals surface area contributed by atoms with Crippen LogP contribution in [0.4, 0.5) is 27.5 Å². The summed E-state index contributed by atoms with van der Waals surface area (Å²) in [7, 11) is -3.99. The molecule has 13 heteroatoms. The first-order valence-corrected chi connectivity index (χ1v) is 12.9. The van der Waals surface area contributed by atoms with Gasteiger partial charge in [-0.2, -0.15) is 10.2 Å². The molecule has 186 valence electrons. The third-order valence-corrected chi connectivity index (χ3v) is 7.13. The maximum absolute atomic E-state index is 14.2. The molecule has 1 fully saturated rings. The van der Waals surface area contributed by atoms with Crippen LogP contribution in [0.15, 0.2) is 53.4 Å². The fourth-order valence-electron chi connectivity index (χ4n) is 3.98. The van der Waals surface area contributed by atoms with Crippen LogP contribution in [0.2, 0.25) is 0 Å². The van der Waals surface area contributed by atoms with Crippen LogP contribution in [-0.2, 0) is 10.0 Å². The van der Waals surface area contributed by atoms with Gasteiger partial charge >= 0.3 is 0 Å². The van der Waals surface area contributed by atoms with Gasteiger partial charge in [0, 0.05) is 36.2 Å². The standard InChI is InChI=1S/C23H24FN9O2S/c1-15-13-21(33-11-3-2-4-12-33)27-23(25-15)26-16-5-7-17(8-6-16)30-36(34,35)18-9-10-20(24)19(14-18)22-28-31-32-29-22/h5-10,13-14,30H,2-4,11-12H2,1H3,(H,25,26,27)(H,28,29,31,32). The van der Waals surface area contributed by atoms with Gasteiger partial charge in [0.05, 0.1) is 10.5 Å². The number of nitrogens with one attached hydrogen (secondary N) is 3. The van der Waals surface area contributed by atoms with Gasteiger partial charge in [0.15, 0.2) is 0 Å². The first kappa shape index (κ1) is 23.6. The van der Waals surface area contributed by atoms with Gasteiger partial charge in [0.2, 0.25) is 11.8 Å². The highest BCUT2D eigenvalue weighted by Crippen LogP contribution is 2.26. The SMILES string of the molecule is Cc1cc(N2CCCCC2)nc(Nc2ccc(NS(=O)(=O)c3ccc(F)c(-c4nn[nH]n4)c3)cc2)n1. The Kier molecular flexibility index (Phi) is 6.46. The maximum Gasteiger partial charge on any atom is 0.261 e. The Morgan fingerprint density at radius 2 is 1.72 bits per heavy atom. The Hall–Kier alpha value is -4.13. The largest absolute Gasteiger partial charge is 0.356 e. The molecule has 5 rings (SSSR count). The van der Waals surface area contributed by atoms with E-state index in [1.165, 1.54) is 12.5 Å². The molecule has 1 aliphatic rings. The van der Waals surface area contributed by atoms with Gasteiger partial charge in [0.1, 0.15) is 11.6 Å². The molecule has 0 unspecified atom stereocenters. The van der Waals surface area contributed by atoms with E-state index in [0.717, 1.165) is 49.6 Å². The average molecular weight is 510 g/mol. The zero-order chi connectivity index (χ0) is 25.1. The minimum Gasteiger partial charge on any atom is -0.356 e. The number of piperidine rings is 1. The number of aryl methyl sites for hydroxylation is 1. The molecule has 2 aromatic carbocycles. The molecule has 0 spiro atoms. The summed E-state index contributed by atoms with van der Waals surface area (Å²) >= 11 is 0. The summed E-state index contributed by atoms with van der Waals surface area (Å²) in [5.41, 5.74) is 1.82. The molecule has 0 amide bonds. The second-order valence-corrected chi connectivity index (χ2v) is 10.1. The van der Waals surface area contributed by atoms with E-state index in [1.54, 1.807) is 24.3 Å². The van der Waals surface area contributed by atoms with Crippen LogP contribution in [0.3, 0.4) is 0 Å². The minimum absolute atomic E-state index is 0.0400. The van der Waals surface area contributed by atoms with E-state index in [4.69, 9.17) is 0 Å². The van der Waals surface area contributed by atoms with Crippen molar-refractivity contribution in [2.75, 3.05) is 28.0 Å². The summed E-state index contributed by atoms with van der Waals surface area (Å²) in [6.07, 6.45) is 3.54. The number of H-pyrrole nitrogens is 1. The quantitative estimate of drug-likeness (QED) is 0.340. The zero-order valence-electron chi connectivity index (χ0n) is 19.4. The second-order valence-electron chi connectivity index (χ2n) is 8.42. The molecule has 36 heavy (non-hydrogen) atoms. The van der Waals surface area contributed by atoms with Gasteiger partial charge in [-0.15, -0.1) is 10.2 Å². The number of aromatic nitrogens is 6. The Balaban J connectivity index is 1.30. The minimum atomic E-state index is -3.99. The maximum atomic E-state index is 14.2. The number of anilines is 4. The molecule has 2 aromatic heterocycles. The van der Waals surface area contributed by atoms with Crippen LogP contribution >= 0.6 is 0 Å². The lowest BCUT2D eigenvalue weighted by atomic mass is 10.1. The Bertz CT molecular complexity index is 1460. The smallest absolute Gasteiger partial charge is 0.261 e. The molecular weight excluding hydrogens is 485 g/mol. The summed E-state index contributed by atoms with van der Waals surface area (Å²) in [5.74, 6) is 0.673. The van der Waals surface area contributed by atoms with E-state index < -0.39 is 15.8 Å². The fraction of sp³-hybridized carbons (Fsp3) is 0.261. The van der Waals surface area contributed by atoms with Gasteiger partial charge in [-0.05, 0) is 73.9 Å². The van der Waals surface area contributed by atoms with Gasteiger partial charge in [-0.3, -0.25) is 4.72 Å². The average Bonchev–Trinajstić information content (AvgIpc) is 3.40. The first-order valence-electron chi connectivity index (χ1n) is 11.4. The topological polar surface area (TPSA) is 142 Å². The van der Waals surface area contributed by atoms with E-state index in [9.17, 15) is 12.8 Å². The predicted octanol–water partition coefficient (Wildman–Crippen LogP) is 3.64. The Morgan fingerprint density at radius 1 is 0.972 bits per heavy atom. The zero-order valence-corrected chi connectivity index (χ0v) is 20.3. The highest BCUT2D eigenvalue weighted by molar-refractivity contribution is 7.92. The fourth-order valence-corrected chi connectivity index (χ4v) is 5.06. The van der Waals surface area contributed by atoms with E-state index in [0.29, 0.717) is 17.3 Å². The molecule has 0 bridgehead atoms. The van der Waals surface area contributed by atoms with Crippen LogP contribution in [0.25, 0.3) is 11.4 Å². The molecule has 3 heterocycles. The Morgan fingerprint density at radius 3 is 2.44 bits per heavy atom. The Labute approximate surface area is 207 Å². The third-order valence-electron chi connectivity index (χ3n) is 5.75. The van der Waals surface area contributed by atoms with Crippen molar-refractivity contribution < 1.29 is 12.8 Å². The number of sulfonamides is 1. The lowest BCUT2D eigenvalue weighted by molar-refractivity contribution is 0.573. The molecule has 0 radical (unpaired) electrons. The first-order chi connectivity index (χ1) is 17.4. The monoisotopic (exact) mass is 509 g/mol. The summed E-state index contributed by atoms with van der Waals surface area (Å²) in [4.78, 5) is 11.3. The van der Waals surface area contributed by atoms with Crippen molar-refractivity contribution >= 4 is 33.2 Å². The summed E-state index contributed by atoms with van der Waals surface area (Å²) in [6.45, 7) is 3.89. The van der Waals surface area contributed by atoms with Crippen LogP contribution in [0.1, 0.15) is 25.0 Å².